The first-order chi connectivity index (χ1) is 13.5. The molecule has 1 N–H and O–H groups in total. The maximum absolute atomic E-state index is 12.7. The van der Waals surface area contributed by atoms with Crippen molar-refractivity contribution in [2.75, 3.05) is 14.1 Å². The largest absolute Gasteiger partial charge is 0.457 e. The van der Waals surface area contributed by atoms with Gasteiger partial charge in [-0.1, -0.05) is 18.2 Å². The van der Waals surface area contributed by atoms with E-state index < -0.39 is 6.10 Å². The molecular weight excluding hydrogens is 392 g/mol. The smallest absolute Gasteiger partial charge is 0.339 e. The van der Waals surface area contributed by atoms with Crippen LogP contribution in [-0.4, -0.2) is 35.1 Å². The van der Waals surface area contributed by atoms with E-state index in [2.05, 4.69) is 4.90 Å². The van der Waals surface area contributed by atoms with Crippen molar-refractivity contribution in [1.82, 2.24) is 9.88 Å². The maximum Gasteiger partial charge on any atom is 0.339 e. The standard InChI is InChI=1S/C21H22N2O3S2/c1-23(2)16-7-8-17(24)19-18(16)22-20(28-19)14-5-3-4-6-15(14)21(25)26-11-13-9-10-27-12-13/h3-6,9-10,12,16-17,24H,7-8,11H2,1-2H3. The summed E-state index contributed by atoms with van der Waals surface area (Å²) in [5.41, 5.74) is 3.16. The zero-order valence-corrected chi connectivity index (χ0v) is 17.4. The number of benzene rings is 1. The molecule has 0 bridgehead atoms. The minimum atomic E-state index is -0.491. The highest BCUT2D eigenvalue weighted by Crippen LogP contribution is 2.44. The highest BCUT2D eigenvalue weighted by molar-refractivity contribution is 7.15. The Kier molecular flexibility index (Phi) is 5.59. The van der Waals surface area contributed by atoms with Crippen molar-refractivity contribution in [3.8, 4) is 10.6 Å². The van der Waals surface area contributed by atoms with E-state index in [-0.39, 0.29) is 18.6 Å². The van der Waals surface area contributed by atoms with Gasteiger partial charge in [0.15, 0.2) is 0 Å². The third-order valence-corrected chi connectivity index (χ3v) is 6.90. The van der Waals surface area contributed by atoms with Gasteiger partial charge < -0.3 is 14.7 Å². The van der Waals surface area contributed by atoms with Crippen molar-refractivity contribution >= 4 is 28.6 Å². The van der Waals surface area contributed by atoms with Crippen molar-refractivity contribution < 1.29 is 14.6 Å². The summed E-state index contributed by atoms with van der Waals surface area (Å²) < 4.78 is 5.50. The van der Waals surface area contributed by atoms with Crippen LogP contribution < -0.4 is 0 Å². The van der Waals surface area contributed by atoms with Crippen LogP contribution in [0.15, 0.2) is 41.1 Å². The Balaban J connectivity index is 1.65. The van der Waals surface area contributed by atoms with Crippen molar-refractivity contribution in [2.24, 2.45) is 0 Å². The van der Waals surface area contributed by atoms with Gasteiger partial charge in [-0.3, -0.25) is 0 Å². The number of aliphatic hydroxyl groups excluding tert-OH is 1. The van der Waals surface area contributed by atoms with Gasteiger partial charge in [0.2, 0.25) is 0 Å². The minimum absolute atomic E-state index is 0.182. The predicted octanol–water partition coefficient (Wildman–Crippen LogP) is 4.66. The first-order valence-electron chi connectivity index (χ1n) is 9.17. The molecule has 0 radical (unpaired) electrons. The summed E-state index contributed by atoms with van der Waals surface area (Å²) in [6.07, 6.45) is 1.10. The van der Waals surface area contributed by atoms with Gasteiger partial charge in [0.05, 0.1) is 28.3 Å². The number of hydrogen-bond acceptors (Lipinski definition) is 7. The molecule has 2 aromatic heterocycles. The summed E-state index contributed by atoms with van der Waals surface area (Å²) in [4.78, 5) is 20.6. The number of thiophene rings is 1. The highest BCUT2D eigenvalue weighted by Gasteiger charge is 2.32. The molecule has 1 aromatic carbocycles. The molecule has 4 rings (SSSR count). The fourth-order valence-corrected chi connectivity index (χ4v) is 5.31. The molecule has 7 heteroatoms. The number of aliphatic hydroxyl groups is 1. The van der Waals surface area contributed by atoms with E-state index in [9.17, 15) is 9.90 Å². The van der Waals surface area contributed by atoms with Gasteiger partial charge in [-0.05, 0) is 49.8 Å². The lowest BCUT2D eigenvalue weighted by Gasteiger charge is -2.29. The second kappa shape index (κ2) is 8.13. The van der Waals surface area contributed by atoms with Gasteiger partial charge in [-0.25, -0.2) is 9.78 Å². The molecule has 0 saturated carbocycles. The topological polar surface area (TPSA) is 62.7 Å². The summed E-state index contributed by atoms with van der Waals surface area (Å²) in [5.74, 6) is -0.361. The number of hydrogen-bond donors (Lipinski definition) is 1. The van der Waals surface area contributed by atoms with Gasteiger partial charge in [0, 0.05) is 11.1 Å². The number of aromatic nitrogens is 1. The molecule has 3 aromatic rings. The van der Waals surface area contributed by atoms with Gasteiger partial charge in [-0.2, -0.15) is 11.3 Å². The molecule has 0 aliphatic heterocycles. The van der Waals surface area contributed by atoms with Crippen molar-refractivity contribution in [3.63, 3.8) is 0 Å². The van der Waals surface area contributed by atoms with E-state index in [0.717, 1.165) is 39.5 Å². The van der Waals surface area contributed by atoms with E-state index in [1.807, 2.05) is 49.1 Å². The van der Waals surface area contributed by atoms with Crippen LogP contribution in [0.2, 0.25) is 0 Å². The first-order valence-corrected chi connectivity index (χ1v) is 10.9. The molecule has 2 heterocycles. The Labute approximate surface area is 172 Å². The fourth-order valence-electron chi connectivity index (χ4n) is 3.47. The van der Waals surface area contributed by atoms with E-state index >= 15 is 0 Å². The Hall–Kier alpha value is -2.06. The SMILES string of the molecule is CN(C)C1CCC(O)c2sc(-c3ccccc3C(=O)OCc3ccsc3)nc21. The van der Waals surface area contributed by atoms with Gasteiger partial charge >= 0.3 is 5.97 Å². The second-order valence-corrected chi connectivity index (χ2v) is 8.91. The number of carbonyl (C=O) groups excluding carboxylic acids is 1. The highest BCUT2D eigenvalue weighted by atomic mass is 32.1. The first kappa shape index (κ1) is 19.3. The van der Waals surface area contributed by atoms with Crippen LogP contribution in [0.1, 0.15) is 51.5 Å². The van der Waals surface area contributed by atoms with E-state index in [0.29, 0.717) is 5.56 Å². The number of ether oxygens (including phenoxy) is 1. The Bertz CT molecular complexity index is 966. The molecule has 0 spiro atoms. The average molecular weight is 415 g/mol. The predicted molar refractivity (Wildman–Crippen MR) is 112 cm³/mol. The molecule has 5 nitrogen and oxygen atoms in total. The average Bonchev–Trinajstić information content (AvgIpc) is 3.36. The van der Waals surface area contributed by atoms with Crippen LogP contribution in [-0.2, 0) is 11.3 Å². The van der Waals surface area contributed by atoms with Gasteiger partial charge in [0.1, 0.15) is 11.6 Å². The zero-order chi connectivity index (χ0) is 19.7. The van der Waals surface area contributed by atoms with Gasteiger partial charge in [0.25, 0.3) is 0 Å². The summed E-state index contributed by atoms with van der Waals surface area (Å²) in [7, 11) is 4.06. The van der Waals surface area contributed by atoms with Crippen LogP contribution in [0.3, 0.4) is 0 Å². The normalized spacial score (nSPS) is 18.9. The maximum atomic E-state index is 12.7. The Morgan fingerprint density at radius 1 is 1.29 bits per heavy atom. The quantitative estimate of drug-likeness (QED) is 0.615. The van der Waals surface area contributed by atoms with Crippen molar-refractivity contribution in [1.29, 1.82) is 0 Å². The molecule has 1 aliphatic rings. The number of carbonyl (C=O) groups is 1. The molecule has 2 unspecified atom stereocenters. The second-order valence-electron chi connectivity index (χ2n) is 7.09. The van der Waals surface area contributed by atoms with E-state index in [1.165, 1.54) is 11.3 Å². The summed E-state index contributed by atoms with van der Waals surface area (Å²) in [6, 6.07) is 9.51. The summed E-state index contributed by atoms with van der Waals surface area (Å²) in [6.45, 7) is 0.256. The number of thiazole rings is 1. The molecule has 0 saturated heterocycles. The minimum Gasteiger partial charge on any atom is -0.457 e. The zero-order valence-electron chi connectivity index (χ0n) is 15.8. The number of fused-ring (bicyclic) bond motifs is 1. The monoisotopic (exact) mass is 414 g/mol. The summed E-state index contributed by atoms with van der Waals surface area (Å²) >= 11 is 3.05. The molecule has 1 aliphatic carbocycles. The molecule has 28 heavy (non-hydrogen) atoms. The lowest BCUT2D eigenvalue weighted by atomic mass is 9.95. The van der Waals surface area contributed by atoms with E-state index in [4.69, 9.17) is 9.72 Å². The van der Waals surface area contributed by atoms with Crippen molar-refractivity contribution in [2.45, 2.75) is 31.6 Å². The fraction of sp³-hybridized carbons (Fsp3) is 0.333. The third kappa shape index (κ3) is 3.75. The van der Waals surface area contributed by atoms with Crippen LogP contribution in [0, 0.1) is 0 Å². The van der Waals surface area contributed by atoms with E-state index in [1.54, 1.807) is 17.4 Å². The number of rotatable bonds is 5. The van der Waals surface area contributed by atoms with Gasteiger partial charge in [-0.15, -0.1) is 11.3 Å². The Morgan fingerprint density at radius 2 is 2.11 bits per heavy atom. The lowest BCUT2D eigenvalue weighted by molar-refractivity contribution is 0.0474. The van der Waals surface area contributed by atoms with Crippen LogP contribution >= 0.6 is 22.7 Å². The molecular formula is C21H22N2O3S2. The number of esters is 1. The van der Waals surface area contributed by atoms with Crippen molar-refractivity contribution in [3.05, 3.63) is 62.8 Å². The summed E-state index contributed by atoms with van der Waals surface area (Å²) in [5, 5.41) is 15.1. The lowest BCUT2D eigenvalue weighted by Crippen LogP contribution is -2.25. The molecule has 146 valence electrons. The third-order valence-electron chi connectivity index (χ3n) is 4.96. The van der Waals surface area contributed by atoms with Crippen LogP contribution in [0.4, 0.5) is 0 Å². The van der Waals surface area contributed by atoms with Crippen LogP contribution in [0.5, 0.6) is 0 Å². The molecule has 2 atom stereocenters. The molecule has 0 amide bonds. The Morgan fingerprint density at radius 3 is 2.86 bits per heavy atom. The number of nitrogens with zero attached hydrogens (tertiary/aromatic N) is 2. The molecule has 0 fully saturated rings. The van der Waals surface area contributed by atoms with Crippen LogP contribution in [0.25, 0.3) is 10.6 Å².